The number of para-hydroxylation sites is 1. The summed E-state index contributed by atoms with van der Waals surface area (Å²) in [5.41, 5.74) is 7.81. The van der Waals surface area contributed by atoms with E-state index in [0.29, 0.717) is 17.1 Å². The monoisotopic (exact) mass is 253 g/mol. The number of amides is 1. The predicted molar refractivity (Wildman–Crippen MR) is 72.7 cm³/mol. The fourth-order valence-corrected chi connectivity index (χ4v) is 1.80. The predicted octanol–water partition coefficient (Wildman–Crippen LogP) is 1.79. The van der Waals surface area contributed by atoms with Crippen molar-refractivity contribution < 1.29 is 4.79 Å². The van der Waals surface area contributed by atoms with Gasteiger partial charge in [-0.15, -0.1) is 0 Å². The second-order valence-corrected chi connectivity index (χ2v) is 4.07. The molecule has 1 aromatic carbocycles. The number of carbonyl (C=O) groups excluding carboxylic acids is 1. The average Bonchev–Trinajstić information content (AvgIpc) is 2.89. The molecule has 6 nitrogen and oxygen atoms in total. The molecule has 0 atom stereocenters. The molecular formula is C13H11N5O. The largest absolute Gasteiger partial charge is 0.397 e. The maximum Gasteiger partial charge on any atom is 0.274 e. The zero-order valence-corrected chi connectivity index (χ0v) is 9.92. The van der Waals surface area contributed by atoms with Gasteiger partial charge in [0.15, 0.2) is 0 Å². The molecule has 4 N–H and O–H groups in total. The summed E-state index contributed by atoms with van der Waals surface area (Å²) in [5, 5.41) is 10.5. The van der Waals surface area contributed by atoms with Crippen LogP contribution in [0.2, 0.25) is 0 Å². The van der Waals surface area contributed by atoms with Crippen molar-refractivity contribution in [2.24, 2.45) is 0 Å². The van der Waals surface area contributed by atoms with Gasteiger partial charge in [-0.25, -0.2) is 4.98 Å². The summed E-state index contributed by atoms with van der Waals surface area (Å²) in [4.78, 5) is 16.0. The molecule has 0 saturated heterocycles. The highest BCUT2D eigenvalue weighted by Gasteiger charge is 2.10. The Hall–Kier alpha value is -2.89. The number of pyridine rings is 1. The molecule has 2 heterocycles. The topological polar surface area (TPSA) is 96.7 Å². The van der Waals surface area contributed by atoms with Crippen LogP contribution in [-0.4, -0.2) is 21.1 Å². The Bertz CT molecular complexity index is 732. The molecule has 0 fully saturated rings. The maximum atomic E-state index is 12.0. The Balaban J connectivity index is 1.90. The van der Waals surface area contributed by atoms with Gasteiger partial charge in [0.1, 0.15) is 5.69 Å². The molecule has 6 heteroatoms. The number of anilines is 2. The highest BCUT2D eigenvalue weighted by Crippen LogP contribution is 2.20. The molecule has 0 saturated carbocycles. The van der Waals surface area contributed by atoms with Crippen LogP contribution in [0, 0.1) is 0 Å². The molecule has 0 spiro atoms. The Morgan fingerprint density at radius 2 is 2.11 bits per heavy atom. The first kappa shape index (κ1) is 11.2. The van der Waals surface area contributed by atoms with Crippen LogP contribution in [0.25, 0.3) is 10.9 Å². The molecule has 0 unspecified atom stereocenters. The van der Waals surface area contributed by atoms with E-state index in [1.165, 1.54) is 6.20 Å². The quantitative estimate of drug-likeness (QED) is 0.648. The van der Waals surface area contributed by atoms with E-state index in [2.05, 4.69) is 20.5 Å². The first-order valence-electron chi connectivity index (χ1n) is 5.69. The zero-order chi connectivity index (χ0) is 13.2. The minimum Gasteiger partial charge on any atom is -0.397 e. The van der Waals surface area contributed by atoms with Crippen LogP contribution in [0.4, 0.5) is 11.4 Å². The van der Waals surface area contributed by atoms with E-state index in [1.807, 2.05) is 12.1 Å². The van der Waals surface area contributed by atoms with Gasteiger partial charge < -0.3 is 11.1 Å². The van der Waals surface area contributed by atoms with E-state index in [1.54, 1.807) is 24.4 Å². The maximum absolute atomic E-state index is 12.0. The van der Waals surface area contributed by atoms with E-state index < -0.39 is 0 Å². The summed E-state index contributed by atoms with van der Waals surface area (Å²) >= 11 is 0. The van der Waals surface area contributed by atoms with Gasteiger partial charge in [0.05, 0.1) is 29.3 Å². The molecule has 1 amide bonds. The highest BCUT2D eigenvalue weighted by molar-refractivity contribution is 6.07. The lowest BCUT2D eigenvalue weighted by Crippen LogP contribution is -2.13. The van der Waals surface area contributed by atoms with Crippen molar-refractivity contribution >= 4 is 28.2 Å². The second kappa shape index (κ2) is 4.41. The number of hydrogen-bond donors (Lipinski definition) is 3. The number of hydrogen-bond acceptors (Lipinski definition) is 4. The number of nitrogen functional groups attached to an aromatic ring is 1. The van der Waals surface area contributed by atoms with Crippen molar-refractivity contribution in [2.75, 3.05) is 11.1 Å². The van der Waals surface area contributed by atoms with Gasteiger partial charge in [-0.2, -0.15) is 5.10 Å². The fraction of sp³-hybridized carbons (Fsp3) is 0. The zero-order valence-electron chi connectivity index (χ0n) is 9.92. The fourth-order valence-electron chi connectivity index (χ4n) is 1.80. The second-order valence-electron chi connectivity index (χ2n) is 4.07. The average molecular weight is 253 g/mol. The lowest BCUT2D eigenvalue weighted by Gasteiger charge is -2.05. The molecule has 0 radical (unpaired) electrons. The normalized spacial score (nSPS) is 10.5. The third kappa shape index (κ3) is 2.11. The third-order valence-electron chi connectivity index (χ3n) is 2.74. The highest BCUT2D eigenvalue weighted by atomic mass is 16.1. The summed E-state index contributed by atoms with van der Waals surface area (Å²) in [6.45, 7) is 0. The van der Waals surface area contributed by atoms with Crippen molar-refractivity contribution in [1.82, 2.24) is 15.2 Å². The molecule has 2 aromatic heterocycles. The minimum atomic E-state index is -0.290. The minimum absolute atomic E-state index is 0.290. The lowest BCUT2D eigenvalue weighted by atomic mass is 10.2. The van der Waals surface area contributed by atoms with E-state index in [4.69, 9.17) is 5.73 Å². The molecule has 0 bridgehead atoms. The number of carbonyl (C=O) groups is 1. The van der Waals surface area contributed by atoms with Crippen molar-refractivity contribution in [2.45, 2.75) is 0 Å². The number of nitrogens with zero attached hydrogens (tertiary/aromatic N) is 2. The number of fused-ring (bicyclic) bond motifs is 1. The molecule has 3 rings (SSSR count). The molecular weight excluding hydrogens is 242 g/mol. The van der Waals surface area contributed by atoms with Gasteiger partial charge >= 0.3 is 0 Å². The molecule has 0 aliphatic heterocycles. The van der Waals surface area contributed by atoms with Crippen LogP contribution in [0.3, 0.4) is 0 Å². The summed E-state index contributed by atoms with van der Waals surface area (Å²) < 4.78 is 0. The van der Waals surface area contributed by atoms with Crippen molar-refractivity contribution in [1.29, 1.82) is 0 Å². The molecule has 0 aliphatic carbocycles. The Morgan fingerprint density at radius 1 is 1.21 bits per heavy atom. The van der Waals surface area contributed by atoms with Gasteiger partial charge in [-0.05, 0) is 18.2 Å². The smallest absolute Gasteiger partial charge is 0.274 e. The standard InChI is InChI=1S/C13H11N5O/c14-9-4-5-11(15-7-9)13(19)17-10-3-1-2-8-6-16-18-12(8)10/h1-7H,14H2,(H,16,18)(H,17,19). The van der Waals surface area contributed by atoms with Crippen molar-refractivity contribution in [3.63, 3.8) is 0 Å². The molecule has 3 aromatic rings. The summed E-state index contributed by atoms with van der Waals surface area (Å²) in [6, 6.07) is 8.78. The van der Waals surface area contributed by atoms with E-state index in [9.17, 15) is 4.79 Å². The van der Waals surface area contributed by atoms with Crippen LogP contribution in [0.1, 0.15) is 10.5 Å². The van der Waals surface area contributed by atoms with Gasteiger partial charge in [-0.1, -0.05) is 12.1 Å². The van der Waals surface area contributed by atoms with Gasteiger partial charge in [-0.3, -0.25) is 9.89 Å². The number of aromatic amines is 1. The van der Waals surface area contributed by atoms with Gasteiger partial charge in [0.2, 0.25) is 0 Å². The SMILES string of the molecule is Nc1ccc(C(=O)Nc2cccc3cn[nH]c23)nc1. The first-order valence-corrected chi connectivity index (χ1v) is 5.69. The van der Waals surface area contributed by atoms with E-state index in [0.717, 1.165) is 10.9 Å². The molecule has 0 aliphatic rings. The van der Waals surface area contributed by atoms with E-state index >= 15 is 0 Å². The van der Waals surface area contributed by atoms with Crippen LogP contribution in [-0.2, 0) is 0 Å². The number of nitrogens with two attached hydrogens (primary N) is 1. The lowest BCUT2D eigenvalue weighted by molar-refractivity contribution is 0.102. The number of H-pyrrole nitrogens is 1. The number of benzene rings is 1. The van der Waals surface area contributed by atoms with Crippen LogP contribution < -0.4 is 11.1 Å². The summed E-state index contributed by atoms with van der Waals surface area (Å²) in [6.07, 6.45) is 3.15. The van der Waals surface area contributed by atoms with Gasteiger partial charge in [0.25, 0.3) is 5.91 Å². The third-order valence-corrected chi connectivity index (χ3v) is 2.74. The van der Waals surface area contributed by atoms with Gasteiger partial charge in [0, 0.05) is 5.39 Å². The number of nitrogens with one attached hydrogen (secondary N) is 2. The number of aromatic nitrogens is 3. The molecule has 94 valence electrons. The van der Waals surface area contributed by atoms with Crippen molar-refractivity contribution in [3.05, 3.63) is 48.4 Å². The Kier molecular flexibility index (Phi) is 2.60. The summed E-state index contributed by atoms with van der Waals surface area (Å²) in [7, 11) is 0. The van der Waals surface area contributed by atoms with Crippen LogP contribution in [0.15, 0.2) is 42.7 Å². The summed E-state index contributed by atoms with van der Waals surface area (Å²) in [5.74, 6) is -0.290. The number of rotatable bonds is 2. The Morgan fingerprint density at radius 3 is 2.89 bits per heavy atom. The Labute approximate surface area is 108 Å². The van der Waals surface area contributed by atoms with Crippen molar-refractivity contribution in [3.8, 4) is 0 Å². The molecule has 19 heavy (non-hydrogen) atoms. The van der Waals surface area contributed by atoms with Crippen LogP contribution >= 0.6 is 0 Å². The van der Waals surface area contributed by atoms with E-state index in [-0.39, 0.29) is 5.91 Å². The first-order chi connectivity index (χ1) is 9.24. The van der Waals surface area contributed by atoms with Crippen LogP contribution in [0.5, 0.6) is 0 Å².